The molecule has 1 N–H and O–H groups in total. The van der Waals surface area contributed by atoms with Crippen LogP contribution in [0, 0.1) is 0 Å². The molecular formula is C29H27NO. The quantitative estimate of drug-likeness (QED) is 0.373. The van der Waals surface area contributed by atoms with Gasteiger partial charge in [0.25, 0.3) is 0 Å². The number of methoxy groups -OCH3 is 1. The molecule has 5 rings (SSSR count). The van der Waals surface area contributed by atoms with Gasteiger partial charge in [0.15, 0.2) is 0 Å². The fourth-order valence-electron chi connectivity index (χ4n) is 4.57. The van der Waals surface area contributed by atoms with Crippen LogP contribution in [0.15, 0.2) is 91.0 Å². The minimum absolute atomic E-state index is 0.901. The van der Waals surface area contributed by atoms with Crippen molar-refractivity contribution in [3.63, 3.8) is 0 Å². The monoisotopic (exact) mass is 405 g/mol. The Kier molecular flexibility index (Phi) is 5.45. The van der Waals surface area contributed by atoms with Crippen LogP contribution >= 0.6 is 0 Å². The van der Waals surface area contributed by atoms with E-state index in [4.69, 9.17) is 4.74 Å². The number of H-pyrrole nitrogens is 1. The van der Waals surface area contributed by atoms with Gasteiger partial charge < -0.3 is 9.72 Å². The number of allylic oxidation sites excluding steroid dienone is 2. The second kappa shape index (κ2) is 8.69. The first-order valence-corrected chi connectivity index (χ1v) is 11.0. The zero-order chi connectivity index (χ0) is 21.0. The summed E-state index contributed by atoms with van der Waals surface area (Å²) in [5.74, 6) is 0.941. The Bertz CT molecular complexity index is 1200. The van der Waals surface area contributed by atoms with Gasteiger partial charge in [-0.3, -0.25) is 0 Å². The number of aromatic amines is 1. The molecule has 0 radical (unpaired) electrons. The lowest BCUT2D eigenvalue weighted by atomic mass is 9.88. The highest BCUT2D eigenvalue weighted by molar-refractivity contribution is 5.74. The van der Waals surface area contributed by atoms with Gasteiger partial charge in [0.1, 0.15) is 5.75 Å². The van der Waals surface area contributed by atoms with Crippen LogP contribution in [0.2, 0.25) is 0 Å². The van der Waals surface area contributed by atoms with Gasteiger partial charge in [-0.2, -0.15) is 0 Å². The van der Waals surface area contributed by atoms with E-state index in [1.54, 1.807) is 7.11 Å². The minimum atomic E-state index is 0.901. The molecule has 1 aliphatic carbocycles. The highest BCUT2D eigenvalue weighted by Crippen LogP contribution is 2.33. The Labute approximate surface area is 184 Å². The molecule has 154 valence electrons. The molecular weight excluding hydrogens is 378 g/mol. The van der Waals surface area contributed by atoms with Crippen molar-refractivity contribution in [2.45, 2.75) is 25.7 Å². The number of nitrogens with one attached hydrogen (secondary N) is 1. The molecule has 1 heterocycles. The molecule has 0 bridgehead atoms. The van der Waals surface area contributed by atoms with Gasteiger partial charge in [-0.05, 0) is 58.9 Å². The first-order valence-electron chi connectivity index (χ1n) is 11.0. The molecule has 1 aromatic heterocycles. The highest BCUT2D eigenvalue weighted by atomic mass is 16.5. The topological polar surface area (TPSA) is 25.0 Å². The third-order valence-corrected chi connectivity index (χ3v) is 6.11. The van der Waals surface area contributed by atoms with Crippen LogP contribution in [0.5, 0.6) is 5.75 Å². The predicted octanol–water partition coefficient (Wildman–Crippen LogP) is 6.85. The third-order valence-electron chi connectivity index (χ3n) is 6.11. The van der Waals surface area contributed by atoms with Crippen molar-refractivity contribution in [1.82, 2.24) is 4.98 Å². The van der Waals surface area contributed by atoms with Crippen LogP contribution in [0.4, 0.5) is 0 Å². The van der Waals surface area contributed by atoms with Crippen LogP contribution in [0.3, 0.4) is 0 Å². The fraction of sp³-hybridized carbons (Fsp3) is 0.172. The lowest BCUT2D eigenvalue weighted by molar-refractivity contribution is 0.414. The molecule has 0 atom stereocenters. The SMILES string of the molecule is COc1ccc2c(c1)CCC=C2Cc1cc(-c2ccccc2)c(Cc2ccccc2)[nH]1. The Hall–Kier alpha value is -3.52. The van der Waals surface area contributed by atoms with Crippen molar-refractivity contribution in [3.8, 4) is 16.9 Å². The summed E-state index contributed by atoms with van der Waals surface area (Å²) < 4.78 is 5.43. The van der Waals surface area contributed by atoms with Gasteiger partial charge >= 0.3 is 0 Å². The van der Waals surface area contributed by atoms with Crippen molar-refractivity contribution < 1.29 is 4.74 Å². The molecule has 2 nitrogen and oxygen atoms in total. The summed E-state index contributed by atoms with van der Waals surface area (Å²) in [7, 11) is 1.74. The molecule has 31 heavy (non-hydrogen) atoms. The van der Waals surface area contributed by atoms with Crippen molar-refractivity contribution in [2.24, 2.45) is 0 Å². The molecule has 0 unspecified atom stereocenters. The van der Waals surface area contributed by atoms with Gasteiger partial charge in [0.2, 0.25) is 0 Å². The Morgan fingerprint density at radius 3 is 2.35 bits per heavy atom. The molecule has 4 aromatic rings. The van der Waals surface area contributed by atoms with E-state index in [1.807, 2.05) is 0 Å². The maximum atomic E-state index is 5.43. The predicted molar refractivity (Wildman–Crippen MR) is 128 cm³/mol. The number of rotatable bonds is 6. The normalized spacial score (nSPS) is 12.9. The van der Waals surface area contributed by atoms with E-state index in [0.29, 0.717) is 0 Å². The van der Waals surface area contributed by atoms with Gasteiger partial charge in [0, 0.05) is 29.8 Å². The summed E-state index contributed by atoms with van der Waals surface area (Å²) in [6.45, 7) is 0. The molecule has 0 fully saturated rings. The molecule has 0 aliphatic heterocycles. The first kappa shape index (κ1) is 19.4. The molecule has 0 spiro atoms. The molecule has 0 saturated heterocycles. The van der Waals surface area contributed by atoms with E-state index >= 15 is 0 Å². The van der Waals surface area contributed by atoms with E-state index in [1.165, 1.54) is 44.8 Å². The molecule has 1 aliphatic rings. The molecule has 2 heteroatoms. The summed E-state index contributed by atoms with van der Waals surface area (Å²) in [4.78, 5) is 3.76. The largest absolute Gasteiger partial charge is 0.497 e. The van der Waals surface area contributed by atoms with Gasteiger partial charge in [-0.1, -0.05) is 72.8 Å². The van der Waals surface area contributed by atoms with E-state index in [-0.39, 0.29) is 0 Å². The number of aromatic nitrogens is 1. The first-order chi connectivity index (χ1) is 15.3. The summed E-state index contributed by atoms with van der Waals surface area (Å²) in [5.41, 5.74) is 10.6. The van der Waals surface area contributed by atoms with Crippen LogP contribution in [-0.2, 0) is 19.3 Å². The zero-order valence-corrected chi connectivity index (χ0v) is 17.9. The zero-order valence-electron chi connectivity index (χ0n) is 17.9. The fourth-order valence-corrected chi connectivity index (χ4v) is 4.57. The van der Waals surface area contributed by atoms with Crippen LogP contribution in [-0.4, -0.2) is 12.1 Å². The van der Waals surface area contributed by atoms with Gasteiger partial charge in [-0.25, -0.2) is 0 Å². The highest BCUT2D eigenvalue weighted by Gasteiger charge is 2.17. The molecule has 0 saturated carbocycles. The van der Waals surface area contributed by atoms with Gasteiger partial charge in [-0.15, -0.1) is 0 Å². The maximum absolute atomic E-state index is 5.43. The number of hydrogen-bond donors (Lipinski definition) is 1. The molecule has 3 aromatic carbocycles. The maximum Gasteiger partial charge on any atom is 0.119 e. The lowest BCUT2D eigenvalue weighted by Crippen LogP contribution is -2.03. The van der Waals surface area contributed by atoms with Crippen LogP contribution in [0.25, 0.3) is 16.7 Å². The number of benzene rings is 3. The lowest BCUT2D eigenvalue weighted by Gasteiger charge is -2.18. The Balaban J connectivity index is 1.48. The molecule has 0 amide bonds. The van der Waals surface area contributed by atoms with Crippen molar-refractivity contribution >= 4 is 5.57 Å². The number of ether oxygens (including phenoxy) is 1. The van der Waals surface area contributed by atoms with Crippen molar-refractivity contribution in [1.29, 1.82) is 0 Å². The summed E-state index contributed by atoms with van der Waals surface area (Å²) in [6.07, 6.45) is 6.37. The number of hydrogen-bond acceptors (Lipinski definition) is 1. The van der Waals surface area contributed by atoms with E-state index in [0.717, 1.165) is 31.4 Å². The standard InChI is InChI=1S/C29H27NO/c1-31-26-15-16-27-23(13-8-14-24(27)19-26)18-25-20-28(22-11-6-3-7-12-22)29(30-25)17-21-9-4-2-5-10-21/h2-7,9-13,15-16,19-20,30H,8,14,17-18H2,1H3. The number of fused-ring (bicyclic) bond motifs is 1. The third kappa shape index (κ3) is 4.20. The van der Waals surface area contributed by atoms with Crippen LogP contribution < -0.4 is 4.74 Å². The summed E-state index contributed by atoms with van der Waals surface area (Å²) in [6, 6.07) is 30.2. The second-order valence-corrected chi connectivity index (χ2v) is 8.18. The average Bonchev–Trinajstić information content (AvgIpc) is 3.22. The second-order valence-electron chi connectivity index (χ2n) is 8.18. The average molecular weight is 406 g/mol. The Morgan fingerprint density at radius 2 is 1.58 bits per heavy atom. The van der Waals surface area contributed by atoms with Gasteiger partial charge in [0.05, 0.1) is 7.11 Å². The summed E-state index contributed by atoms with van der Waals surface area (Å²) >= 11 is 0. The van der Waals surface area contributed by atoms with Crippen LogP contribution in [0.1, 0.15) is 34.5 Å². The Morgan fingerprint density at radius 1 is 0.806 bits per heavy atom. The van der Waals surface area contributed by atoms with E-state index in [2.05, 4.69) is 96.0 Å². The van der Waals surface area contributed by atoms with Crippen molar-refractivity contribution in [3.05, 3.63) is 119 Å². The van der Waals surface area contributed by atoms with E-state index < -0.39 is 0 Å². The number of aryl methyl sites for hydroxylation is 1. The minimum Gasteiger partial charge on any atom is -0.497 e. The van der Waals surface area contributed by atoms with E-state index in [9.17, 15) is 0 Å². The summed E-state index contributed by atoms with van der Waals surface area (Å²) in [5, 5.41) is 0. The van der Waals surface area contributed by atoms with Crippen molar-refractivity contribution in [2.75, 3.05) is 7.11 Å². The smallest absolute Gasteiger partial charge is 0.119 e.